The van der Waals surface area contributed by atoms with Gasteiger partial charge >= 0.3 is 6.03 Å². The Morgan fingerprint density at radius 1 is 1.35 bits per heavy atom. The number of hydrogen-bond donors (Lipinski definition) is 1. The van der Waals surface area contributed by atoms with Crippen LogP contribution in [0.3, 0.4) is 0 Å². The Labute approximate surface area is 213 Å². The third kappa shape index (κ3) is 4.96. The molecule has 12 nitrogen and oxygen atoms in total. The molecule has 0 spiro atoms. The molecule has 5 rings (SSSR count). The van der Waals surface area contributed by atoms with Crippen LogP contribution in [-0.4, -0.2) is 85.7 Å². The molecule has 37 heavy (non-hydrogen) atoms. The molecule has 3 amide bonds. The van der Waals surface area contributed by atoms with Crippen molar-refractivity contribution in [2.24, 2.45) is 0 Å². The van der Waals surface area contributed by atoms with E-state index in [1.54, 1.807) is 18.1 Å². The molecule has 2 saturated heterocycles. The summed E-state index contributed by atoms with van der Waals surface area (Å²) in [6.07, 6.45) is 3.62. The number of hydrogen-bond acceptors (Lipinski definition) is 9. The molecule has 192 valence electrons. The summed E-state index contributed by atoms with van der Waals surface area (Å²) in [5.41, 5.74) is 2.78. The number of morpholine rings is 1. The van der Waals surface area contributed by atoms with Crippen molar-refractivity contribution in [1.82, 2.24) is 14.9 Å². The molecular weight excluding hydrogens is 478 g/mol. The van der Waals surface area contributed by atoms with E-state index in [9.17, 15) is 19.6 Å². The molecule has 3 aliphatic heterocycles. The van der Waals surface area contributed by atoms with Crippen LogP contribution in [0, 0.1) is 11.3 Å². The van der Waals surface area contributed by atoms with E-state index in [0.29, 0.717) is 73.9 Å². The van der Waals surface area contributed by atoms with E-state index in [1.165, 1.54) is 11.1 Å². The number of carbonyl (C=O) groups is 3. The number of ether oxygens (including phenoxy) is 2. The molecule has 0 unspecified atom stereocenters. The van der Waals surface area contributed by atoms with Crippen molar-refractivity contribution in [3.8, 4) is 6.07 Å². The van der Waals surface area contributed by atoms with Gasteiger partial charge in [0.05, 0.1) is 24.0 Å². The van der Waals surface area contributed by atoms with Gasteiger partial charge in [-0.15, -0.1) is 0 Å². The summed E-state index contributed by atoms with van der Waals surface area (Å²) in [7, 11) is 1.65. The fraction of sp³-hybridized carbons (Fsp3) is 0.440. The van der Waals surface area contributed by atoms with Gasteiger partial charge in [0.25, 0.3) is 0 Å². The summed E-state index contributed by atoms with van der Waals surface area (Å²) >= 11 is 0. The first-order chi connectivity index (χ1) is 18.0. The third-order valence-electron chi connectivity index (χ3n) is 6.84. The first kappa shape index (κ1) is 24.6. The number of aryl methyl sites for hydroxylation is 1. The number of methoxy groups -OCH3 is 1. The summed E-state index contributed by atoms with van der Waals surface area (Å²) < 4.78 is 10.5. The summed E-state index contributed by atoms with van der Waals surface area (Å²) in [6.45, 7) is 2.92. The predicted molar refractivity (Wildman–Crippen MR) is 133 cm³/mol. The fourth-order valence-corrected chi connectivity index (χ4v) is 4.73. The van der Waals surface area contributed by atoms with Gasteiger partial charge in [-0.05, 0) is 24.5 Å². The molecular formula is C25H27N7O5. The highest BCUT2D eigenvalue weighted by Gasteiger charge is 2.30. The number of carbonyl (C=O) groups excluding carboxylic acids is 3. The van der Waals surface area contributed by atoms with Crippen LogP contribution in [0.15, 0.2) is 18.3 Å². The molecule has 0 radical (unpaired) electrons. The standard InChI is InChI=1S/C25H27N7O5/c1-36-19-12-31(13-19)21-8-22(27-10-18(21)9-26)29-25(35)32-4-2-3-16-7-17(20(14-33)28-24(16)32)11-30-5-6-37-15-23(30)34/h7-8,10,14,19H,2-6,11-13,15H2,1H3,(H,27,29,35). The Balaban J connectivity index is 1.36. The third-order valence-corrected chi connectivity index (χ3v) is 6.84. The lowest BCUT2D eigenvalue weighted by Gasteiger charge is -2.40. The van der Waals surface area contributed by atoms with Crippen molar-refractivity contribution in [2.75, 3.05) is 61.6 Å². The molecule has 2 fully saturated rings. The quantitative estimate of drug-likeness (QED) is 0.576. The predicted octanol–water partition coefficient (Wildman–Crippen LogP) is 1.34. The van der Waals surface area contributed by atoms with Crippen LogP contribution in [-0.2, 0) is 27.2 Å². The summed E-state index contributed by atoms with van der Waals surface area (Å²) in [5.74, 6) is 0.597. The molecule has 0 aliphatic carbocycles. The van der Waals surface area contributed by atoms with Crippen molar-refractivity contribution in [3.63, 3.8) is 0 Å². The molecule has 1 N–H and O–H groups in total. The summed E-state index contributed by atoms with van der Waals surface area (Å²) in [4.78, 5) is 51.2. The van der Waals surface area contributed by atoms with Crippen molar-refractivity contribution < 1.29 is 23.9 Å². The highest BCUT2D eigenvalue weighted by Crippen LogP contribution is 2.30. The van der Waals surface area contributed by atoms with Gasteiger partial charge in [-0.1, -0.05) is 0 Å². The number of urea groups is 1. The van der Waals surface area contributed by atoms with Gasteiger partial charge in [-0.25, -0.2) is 14.8 Å². The number of fused-ring (bicyclic) bond motifs is 1. The molecule has 3 aliphatic rings. The number of pyridine rings is 2. The van der Waals surface area contributed by atoms with Gasteiger partial charge in [0.2, 0.25) is 5.91 Å². The Hall–Kier alpha value is -4.08. The van der Waals surface area contributed by atoms with Gasteiger partial charge < -0.3 is 19.3 Å². The van der Waals surface area contributed by atoms with E-state index in [2.05, 4.69) is 21.4 Å². The second kappa shape index (κ2) is 10.5. The fourth-order valence-electron chi connectivity index (χ4n) is 4.73. The molecule has 5 heterocycles. The van der Waals surface area contributed by atoms with Gasteiger partial charge in [0.15, 0.2) is 6.29 Å². The maximum atomic E-state index is 13.3. The minimum absolute atomic E-state index is 0.0263. The van der Waals surface area contributed by atoms with Gasteiger partial charge in [-0.2, -0.15) is 5.26 Å². The van der Waals surface area contributed by atoms with E-state index in [0.717, 1.165) is 12.0 Å². The SMILES string of the molecule is COC1CN(c2cc(NC(=O)N3CCCc4cc(CN5CCOCC5=O)c(C=O)nc43)ncc2C#N)C1. The van der Waals surface area contributed by atoms with E-state index >= 15 is 0 Å². The second-order valence-electron chi connectivity index (χ2n) is 9.15. The molecule has 12 heteroatoms. The average Bonchev–Trinajstić information content (AvgIpc) is 2.88. The van der Waals surface area contributed by atoms with Crippen molar-refractivity contribution in [2.45, 2.75) is 25.5 Å². The molecule has 0 bridgehead atoms. The van der Waals surface area contributed by atoms with Crippen LogP contribution >= 0.6 is 0 Å². The normalized spacial score (nSPS) is 17.6. The van der Waals surface area contributed by atoms with Crippen LogP contribution in [0.2, 0.25) is 0 Å². The van der Waals surface area contributed by atoms with Crippen LogP contribution in [0.5, 0.6) is 0 Å². The van der Waals surface area contributed by atoms with E-state index in [1.807, 2.05) is 11.0 Å². The van der Waals surface area contributed by atoms with Gasteiger partial charge in [0, 0.05) is 57.7 Å². The van der Waals surface area contributed by atoms with Crippen LogP contribution in [0.4, 0.5) is 22.1 Å². The van der Waals surface area contributed by atoms with E-state index in [4.69, 9.17) is 9.47 Å². The van der Waals surface area contributed by atoms with Crippen LogP contribution < -0.4 is 15.1 Å². The highest BCUT2D eigenvalue weighted by molar-refractivity contribution is 6.02. The number of rotatable bonds is 6. The zero-order valence-corrected chi connectivity index (χ0v) is 20.5. The maximum absolute atomic E-state index is 13.3. The number of nitrogens with one attached hydrogen (secondary N) is 1. The zero-order chi connectivity index (χ0) is 25.9. The Morgan fingerprint density at radius 3 is 2.92 bits per heavy atom. The lowest BCUT2D eigenvalue weighted by atomic mass is 10.0. The number of anilines is 3. The lowest BCUT2D eigenvalue weighted by Crippen LogP contribution is -2.52. The summed E-state index contributed by atoms with van der Waals surface area (Å²) in [6, 6.07) is 5.26. The van der Waals surface area contributed by atoms with Crippen molar-refractivity contribution in [3.05, 3.63) is 40.7 Å². The van der Waals surface area contributed by atoms with Gasteiger partial charge in [-0.3, -0.25) is 19.8 Å². The van der Waals surface area contributed by atoms with E-state index in [-0.39, 0.29) is 30.9 Å². The molecule has 2 aromatic rings. The van der Waals surface area contributed by atoms with Crippen molar-refractivity contribution >= 4 is 35.5 Å². The largest absolute Gasteiger partial charge is 0.378 e. The molecule has 0 aromatic carbocycles. The highest BCUT2D eigenvalue weighted by atomic mass is 16.5. The molecule has 2 aromatic heterocycles. The minimum atomic E-state index is -0.428. The molecule has 0 saturated carbocycles. The first-order valence-corrected chi connectivity index (χ1v) is 12.1. The number of nitriles is 1. The maximum Gasteiger partial charge on any atom is 0.328 e. The number of nitrogens with zero attached hydrogens (tertiary/aromatic N) is 6. The van der Waals surface area contributed by atoms with Crippen molar-refractivity contribution in [1.29, 1.82) is 5.26 Å². The smallest absolute Gasteiger partial charge is 0.328 e. The van der Waals surface area contributed by atoms with E-state index < -0.39 is 6.03 Å². The zero-order valence-electron chi connectivity index (χ0n) is 20.5. The Bertz CT molecular complexity index is 1270. The molecule has 0 atom stereocenters. The number of aromatic nitrogens is 2. The first-order valence-electron chi connectivity index (χ1n) is 12.1. The Kier molecular flexibility index (Phi) is 6.98. The monoisotopic (exact) mass is 505 g/mol. The number of amides is 3. The average molecular weight is 506 g/mol. The minimum Gasteiger partial charge on any atom is -0.378 e. The lowest BCUT2D eigenvalue weighted by molar-refractivity contribution is -0.143. The Morgan fingerprint density at radius 2 is 2.19 bits per heavy atom. The van der Waals surface area contributed by atoms with Crippen LogP contribution in [0.25, 0.3) is 0 Å². The second-order valence-corrected chi connectivity index (χ2v) is 9.15. The topological polar surface area (TPSA) is 141 Å². The summed E-state index contributed by atoms with van der Waals surface area (Å²) in [5, 5.41) is 12.3. The van der Waals surface area contributed by atoms with Gasteiger partial charge in [0.1, 0.15) is 30.0 Å². The number of aldehydes is 1. The van der Waals surface area contributed by atoms with Crippen LogP contribution in [0.1, 0.15) is 33.6 Å².